The summed E-state index contributed by atoms with van der Waals surface area (Å²) in [7, 11) is 0. The lowest BCUT2D eigenvalue weighted by Crippen LogP contribution is -1.97. The lowest BCUT2D eigenvalue weighted by atomic mass is 10.1. The number of thiophene rings is 1. The summed E-state index contributed by atoms with van der Waals surface area (Å²) in [5.74, 6) is 0. The second-order valence-electron chi connectivity index (χ2n) is 3.08. The maximum absolute atomic E-state index is 10.1. The third kappa shape index (κ3) is 2.42. The molecule has 2 rings (SSSR count). The number of hydrogen-bond acceptors (Lipinski definition) is 2. The monoisotopic (exact) mass is 302 g/mol. The third-order valence-electron chi connectivity index (χ3n) is 2.07. The summed E-state index contributed by atoms with van der Waals surface area (Å²) in [4.78, 5) is 0.915. The fourth-order valence-corrected chi connectivity index (χ4v) is 2.70. The zero-order valence-corrected chi connectivity index (χ0v) is 10.8. The van der Waals surface area contributed by atoms with Gasteiger partial charge >= 0.3 is 0 Å². The Hall–Kier alpha value is -0.350. The highest BCUT2D eigenvalue weighted by atomic mass is 79.9. The molecule has 0 amide bonds. The van der Waals surface area contributed by atoms with Crippen molar-refractivity contribution < 1.29 is 5.11 Å². The Morgan fingerprint density at radius 3 is 2.80 bits per heavy atom. The van der Waals surface area contributed by atoms with Crippen LogP contribution < -0.4 is 0 Å². The van der Waals surface area contributed by atoms with Gasteiger partial charge in [-0.05, 0) is 29.6 Å². The molecule has 0 aliphatic rings. The number of halogens is 2. The molecule has 0 saturated carbocycles. The molecule has 2 aromatic rings. The maximum Gasteiger partial charge on any atom is 0.114 e. The number of rotatable bonds is 2. The Balaban J connectivity index is 2.41. The van der Waals surface area contributed by atoms with Gasteiger partial charge in [0.15, 0.2) is 0 Å². The average Bonchev–Trinajstić information content (AvgIpc) is 2.74. The number of benzene rings is 1. The van der Waals surface area contributed by atoms with E-state index >= 15 is 0 Å². The predicted octanol–water partition coefficient (Wildman–Crippen LogP) is 4.25. The average molecular weight is 304 g/mol. The van der Waals surface area contributed by atoms with Gasteiger partial charge in [0.05, 0.1) is 0 Å². The first-order valence-electron chi connectivity index (χ1n) is 4.35. The minimum absolute atomic E-state index is 0.613. The Morgan fingerprint density at radius 1 is 1.33 bits per heavy atom. The van der Waals surface area contributed by atoms with Crippen molar-refractivity contribution in [1.82, 2.24) is 0 Å². The molecule has 1 aromatic heterocycles. The van der Waals surface area contributed by atoms with Gasteiger partial charge in [0.1, 0.15) is 6.10 Å². The highest BCUT2D eigenvalue weighted by Gasteiger charge is 2.14. The molecule has 0 radical (unpaired) electrons. The molecule has 1 N–H and O–H groups in total. The van der Waals surface area contributed by atoms with Crippen molar-refractivity contribution in [1.29, 1.82) is 0 Å². The molecule has 0 aliphatic heterocycles. The fourth-order valence-electron chi connectivity index (χ4n) is 1.32. The van der Waals surface area contributed by atoms with E-state index in [1.54, 1.807) is 12.1 Å². The van der Waals surface area contributed by atoms with Gasteiger partial charge in [0.25, 0.3) is 0 Å². The molecule has 0 fully saturated rings. The Bertz CT molecular complexity index is 456. The van der Waals surface area contributed by atoms with Crippen molar-refractivity contribution in [3.8, 4) is 0 Å². The number of hydrogen-bond donors (Lipinski definition) is 1. The van der Waals surface area contributed by atoms with Crippen molar-refractivity contribution >= 4 is 38.9 Å². The molecule has 0 bridgehead atoms. The van der Waals surface area contributed by atoms with Crippen molar-refractivity contribution in [2.45, 2.75) is 6.10 Å². The molecule has 1 atom stereocenters. The molecule has 4 heteroatoms. The van der Waals surface area contributed by atoms with Gasteiger partial charge in [0.2, 0.25) is 0 Å². The van der Waals surface area contributed by atoms with E-state index in [2.05, 4.69) is 15.9 Å². The Kier molecular flexibility index (Phi) is 3.46. The van der Waals surface area contributed by atoms with Crippen LogP contribution in [-0.2, 0) is 0 Å². The fraction of sp³-hybridized carbons (Fsp3) is 0.0909. The van der Waals surface area contributed by atoms with E-state index in [-0.39, 0.29) is 0 Å². The van der Waals surface area contributed by atoms with E-state index in [0.29, 0.717) is 5.02 Å². The van der Waals surface area contributed by atoms with Crippen molar-refractivity contribution in [3.63, 3.8) is 0 Å². The van der Waals surface area contributed by atoms with Crippen molar-refractivity contribution in [2.24, 2.45) is 0 Å². The first-order valence-corrected chi connectivity index (χ1v) is 6.40. The van der Waals surface area contributed by atoms with E-state index in [0.717, 1.165) is 14.9 Å². The minimum atomic E-state index is -0.613. The molecule has 1 nitrogen and oxygen atoms in total. The summed E-state index contributed by atoms with van der Waals surface area (Å²) in [5, 5.41) is 12.7. The lowest BCUT2D eigenvalue weighted by Gasteiger charge is -2.11. The van der Waals surface area contributed by atoms with E-state index in [9.17, 15) is 5.11 Å². The van der Waals surface area contributed by atoms with E-state index in [1.165, 1.54) is 11.3 Å². The molecule has 1 heterocycles. The van der Waals surface area contributed by atoms with E-state index in [1.807, 2.05) is 23.6 Å². The van der Waals surface area contributed by atoms with Crippen LogP contribution in [0.5, 0.6) is 0 Å². The summed E-state index contributed by atoms with van der Waals surface area (Å²) >= 11 is 10.8. The molecular weight excluding hydrogens is 296 g/mol. The van der Waals surface area contributed by atoms with Crippen LogP contribution in [0.25, 0.3) is 0 Å². The van der Waals surface area contributed by atoms with Gasteiger partial charge < -0.3 is 5.11 Å². The lowest BCUT2D eigenvalue weighted by molar-refractivity contribution is 0.223. The summed E-state index contributed by atoms with van der Waals surface area (Å²) in [6.45, 7) is 0. The first kappa shape index (κ1) is 11.1. The zero-order chi connectivity index (χ0) is 10.8. The van der Waals surface area contributed by atoms with Crippen LogP contribution in [0.2, 0.25) is 5.02 Å². The van der Waals surface area contributed by atoms with Crippen molar-refractivity contribution in [3.05, 3.63) is 55.6 Å². The molecule has 78 valence electrons. The van der Waals surface area contributed by atoms with Crippen LogP contribution in [0.3, 0.4) is 0 Å². The quantitative estimate of drug-likeness (QED) is 0.879. The zero-order valence-electron chi connectivity index (χ0n) is 7.65. The summed E-state index contributed by atoms with van der Waals surface area (Å²) in [5.41, 5.74) is 0.796. The van der Waals surface area contributed by atoms with Gasteiger partial charge in [-0.3, -0.25) is 0 Å². The SMILES string of the molecule is OC(c1cccs1)c1cc(Cl)ccc1Br. The van der Waals surface area contributed by atoms with Gasteiger partial charge in [0, 0.05) is 19.9 Å². The van der Waals surface area contributed by atoms with Crippen LogP contribution in [0.15, 0.2) is 40.2 Å². The van der Waals surface area contributed by atoms with E-state index < -0.39 is 6.10 Å². The van der Waals surface area contributed by atoms with Crippen molar-refractivity contribution in [2.75, 3.05) is 0 Å². The highest BCUT2D eigenvalue weighted by molar-refractivity contribution is 9.10. The van der Waals surface area contributed by atoms with Crippen LogP contribution in [0.1, 0.15) is 16.5 Å². The molecule has 0 spiro atoms. The largest absolute Gasteiger partial charge is 0.383 e. The minimum Gasteiger partial charge on any atom is -0.383 e. The smallest absolute Gasteiger partial charge is 0.114 e. The Morgan fingerprint density at radius 2 is 2.13 bits per heavy atom. The predicted molar refractivity (Wildman–Crippen MR) is 67.5 cm³/mol. The third-order valence-corrected chi connectivity index (χ3v) is 3.95. The number of aliphatic hydroxyl groups excluding tert-OH is 1. The topological polar surface area (TPSA) is 20.2 Å². The highest BCUT2D eigenvalue weighted by Crippen LogP contribution is 2.32. The summed E-state index contributed by atoms with van der Waals surface area (Å²) in [6.07, 6.45) is -0.613. The van der Waals surface area contributed by atoms with E-state index in [4.69, 9.17) is 11.6 Å². The molecule has 15 heavy (non-hydrogen) atoms. The number of aliphatic hydroxyl groups is 1. The maximum atomic E-state index is 10.1. The molecule has 0 saturated heterocycles. The molecule has 0 aliphatic carbocycles. The van der Waals surface area contributed by atoms with Crippen LogP contribution >= 0.6 is 38.9 Å². The van der Waals surface area contributed by atoms with Gasteiger partial charge in [-0.25, -0.2) is 0 Å². The standard InChI is InChI=1S/C11H8BrClOS/c12-9-4-3-7(13)6-8(9)11(14)10-2-1-5-15-10/h1-6,11,14H. The van der Waals surface area contributed by atoms with Gasteiger partial charge in [-0.2, -0.15) is 0 Å². The first-order chi connectivity index (χ1) is 7.18. The van der Waals surface area contributed by atoms with Gasteiger partial charge in [-0.1, -0.05) is 33.6 Å². The second-order valence-corrected chi connectivity index (χ2v) is 5.35. The molecule has 1 aromatic carbocycles. The second kappa shape index (κ2) is 4.66. The van der Waals surface area contributed by atoms with Crippen LogP contribution in [0, 0.1) is 0 Å². The summed E-state index contributed by atoms with van der Waals surface area (Å²) in [6, 6.07) is 9.23. The normalized spacial score (nSPS) is 12.7. The summed E-state index contributed by atoms with van der Waals surface area (Å²) < 4.78 is 0.868. The molecular formula is C11H8BrClOS. The van der Waals surface area contributed by atoms with Crippen LogP contribution in [-0.4, -0.2) is 5.11 Å². The Labute approximate surface area is 105 Å². The molecule has 1 unspecified atom stereocenters. The van der Waals surface area contributed by atoms with Gasteiger partial charge in [-0.15, -0.1) is 11.3 Å². The van der Waals surface area contributed by atoms with Crippen LogP contribution in [0.4, 0.5) is 0 Å².